The molecule has 1 unspecified atom stereocenters. The van der Waals surface area contributed by atoms with E-state index in [4.69, 9.17) is 14.5 Å². The van der Waals surface area contributed by atoms with E-state index in [9.17, 15) is 0 Å². The van der Waals surface area contributed by atoms with Gasteiger partial charge in [-0.15, -0.1) is 0 Å². The fraction of sp³-hybridized carbons (Fsp3) is 1.00. The molecule has 1 saturated heterocycles. The van der Waals surface area contributed by atoms with Crippen LogP contribution in [0.4, 0.5) is 0 Å². The van der Waals surface area contributed by atoms with E-state index in [0.717, 1.165) is 25.9 Å². The van der Waals surface area contributed by atoms with Gasteiger partial charge in [0.2, 0.25) is 0 Å². The highest BCUT2D eigenvalue weighted by molar-refractivity contribution is 5.09. The Bertz CT molecular complexity index is 250. The molecule has 3 heteroatoms. The normalized spacial score (nSPS) is 33.0. The number of hydrogen-bond donors (Lipinski definition) is 0. The molecule has 2 fully saturated rings. The summed E-state index contributed by atoms with van der Waals surface area (Å²) in [5.74, 6) is -0.444. The van der Waals surface area contributed by atoms with Gasteiger partial charge in [-0.1, -0.05) is 27.2 Å². The molecule has 1 aliphatic carbocycles. The molecule has 1 atom stereocenters. The van der Waals surface area contributed by atoms with Crippen molar-refractivity contribution >= 4 is 0 Å². The van der Waals surface area contributed by atoms with Crippen molar-refractivity contribution in [1.82, 2.24) is 0 Å². The SMILES string of the molecule is CCOC1(C(C)(C)CC)CCCCC12OO2. The van der Waals surface area contributed by atoms with Crippen molar-refractivity contribution in [3.63, 3.8) is 0 Å². The van der Waals surface area contributed by atoms with Gasteiger partial charge in [0.1, 0.15) is 5.60 Å². The average Bonchev–Trinajstić information content (AvgIpc) is 3.03. The monoisotopic (exact) mass is 228 g/mol. The molecule has 0 amide bonds. The second-order valence-electron chi connectivity index (χ2n) is 5.62. The van der Waals surface area contributed by atoms with E-state index in [1.54, 1.807) is 0 Å². The van der Waals surface area contributed by atoms with E-state index in [0.29, 0.717) is 0 Å². The second kappa shape index (κ2) is 3.97. The molecule has 3 nitrogen and oxygen atoms in total. The summed E-state index contributed by atoms with van der Waals surface area (Å²) in [5.41, 5.74) is -0.179. The van der Waals surface area contributed by atoms with Crippen molar-refractivity contribution in [2.45, 2.75) is 71.2 Å². The van der Waals surface area contributed by atoms with Crippen LogP contribution in [0.3, 0.4) is 0 Å². The topological polar surface area (TPSA) is 34.3 Å². The van der Waals surface area contributed by atoms with E-state index >= 15 is 0 Å². The molecule has 16 heavy (non-hydrogen) atoms. The summed E-state index contributed by atoms with van der Waals surface area (Å²) < 4.78 is 6.15. The third-order valence-electron chi connectivity index (χ3n) is 4.55. The molecule has 0 aromatic heterocycles. The molecule has 2 aliphatic rings. The van der Waals surface area contributed by atoms with Crippen molar-refractivity contribution < 1.29 is 14.5 Å². The van der Waals surface area contributed by atoms with Crippen molar-refractivity contribution in [2.24, 2.45) is 5.41 Å². The Kier molecular flexibility index (Phi) is 3.06. The molecule has 94 valence electrons. The first kappa shape index (κ1) is 12.3. The fourth-order valence-electron chi connectivity index (χ4n) is 3.16. The van der Waals surface area contributed by atoms with Gasteiger partial charge >= 0.3 is 0 Å². The van der Waals surface area contributed by atoms with Gasteiger partial charge in [0.15, 0.2) is 0 Å². The lowest BCUT2D eigenvalue weighted by molar-refractivity contribution is -0.190. The molecule has 0 aromatic carbocycles. The fourth-order valence-corrected chi connectivity index (χ4v) is 3.16. The lowest BCUT2D eigenvalue weighted by Crippen LogP contribution is -2.59. The first-order valence-corrected chi connectivity index (χ1v) is 6.54. The summed E-state index contributed by atoms with van der Waals surface area (Å²) in [6, 6.07) is 0. The first-order chi connectivity index (χ1) is 7.54. The molecule has 0 N–H and O–H groups in total. The van der Waals surface area contributed by atoms with Crippen LogP contribution >= 0.6 is 0 Å². The van der Waals surface area contributed by atoms with E-state index in [1.807, 2.05) is 0 Å². The molecule has 0 aromatic rings. The Morgan fingerprint density at radius 3 is 2.25 bits per heavy atom. The molecule has 1 heterocycles. The molecule has 0 bridgehead atoms. The van der Waals surface area contributed by atoms with Crippen molar-refractivity contribution in [1.29, 1.82) is 0 Å². The van der Waals surface area contributed by atoms with Crippen molar-refractivity contribution in [3.05, 3.63) is 0 Å². The Morgan fingerprint density at radius 1 is 1.12 bits per heavy atom. The predicted molar refractivity (Wildman–Crippen MR) is 61.8 cm³/mol. The van der Waals surface area contributed by atoms with Crippen molar-refractivity contribution in [3.8, 4) is 0 Å². The van der Waals surface area contributed by atoms with Crippen molar-refractivity contribution in [2.75, 3.05) is 6.61 Å². The average molecular weight is 228 g/mol. The van der Waals surface area contributed by atoms with Gasteiger partial charge in [-0.3, -0.25) is 0 Å². The third kappa shape index (κ3) is 1.52. The highest BCUT2D eigenvalue weighted by Gasteiger charge is 2.71. The zero-order valence-electron chi connectivity index (χ0n) is 11.0. The van der Waals surface area contributed by atoms with Gasteiger partial charge in [0, 0.05) is 13.0 Å². The Balaban J connectivity index is 2.33. The smallest absolute Gasteiger partial charge is 0.263 e. The molecule has 1 saturated carbocycles. The van der Waals surface area contributed by atoms with Crippen LogP contribution in [-0.4, -0.2) is 18.0 Å². The van der Waals surface area contributed by atoms with Crippen LogP contribution in [0.15, 0.2) is 0 Å². The summed E-state index contributed by atoms with van der Waals surface area (Å²) in [5, 5.41) is 0. The van der Waals surface area contributed by atoms with E-state index in [1.165, 1.54) is 12.8 Å². The quantitative estimate of drug-likeness (QED) is 0.546. The third-order valence-corrected chi connectivity index (χ3v) is 4.55. The summed E-state index contributed by atoms with van der Waals surface area (Å²) in [7, 11) is 0. The number of hydrogen-bond acceptors (Lipinski definition) is 3. The highest BCUT2D eigenvalue weighted by Crippen LogP contribution is 2.60. The van der Waals surface area contributed by atoms with Crippen LogP contribution in [-0.2, 0) is 14.5 Å². The molecule has 1 spiro atoms. The minimum atomic E-state index is -0.444. The van der Waals surface area contributed by atoms with Crippen LogP contribution in [0.1, 0.15) is 59.8 Å². The number of ether oxygens (including phenoxy) is 1. The van der Waals surface area contributed by atoms with Gasteiger partial charge < -0.3 is 4.74 Å². The van der Waals surface area contributed by atoms with Crippen LogP contribution in [0, 0.1) is 5.41 Å². The lowest BCUT2D eigenvalue weighted by Gasteiger charge is -2.49. The maximum Gasteiger partial charge on any atom is 0.263 e. The van der Waals surface area contributed by atoms with Gasteiger partial charge in [-0.25, -0.2) is 0 Å². The van der Waals surface area contributed by atoms with E-state index in [-0.39, 0.29) is 11.0 Å². The van der Waals surface area contributed by atoms with Crippen LogP contribution in [0.2, 0.25) is 0 Å². The maximum atomic E-state index is 6.15. The predicted octanol–water partition coefficient (Wildman–Crippen LogP) is 3.43. The number of rotatable bonds is 4. The summed E-state index contributed by atoms with van der Waals surface area (Å²) in [6.45, 7) is 9.52. The zero-order valence-corrected chi connectivity index (χ0v) is 11.0. The molecule has 2 rings (SSSR count). The largest absolute Gasteiger partial charge is 0.369 e. The van der Waals surface area contributed by atoms with Crippen LogP contribution in [0.5, 0.6) is 0 Å². The Morgan fingerprint density at radius 2 is 1.75 bits per heavy atom. The van der Waals surface area contributed by atoms with Gasteiger partial charge in [0.05, 0.1) is 0 Å². The summed E-state index contributed by atoms with van der Waals surface area (Å²) >= 11 is 0. The maximum absolute atomic E-state index is 6.15. The van der Waals surface area contributed by atoms with E-state index in [2.05, 4.69) is 27.7 Å². The standard InChI is InChI=1S/C13H24O3/c1-5-11(3,4)12(14-6-2)9-7-8-10-13(12)15-16-13/h5-10H2,1-4H3. The Labute approximate surface area is 98.4 Å². The molecule has 0 radical (unpaired) electrons. The second-order valence-corrected chi connectivity index (χ2v) is 5.62. The van der Waals surface area contributed by atoms with Crippen LogP contribution in [0.25, 0.3) is 0 Å². The highest BCUT2D eigenvalue weighted by atomic mass is 17.4. The Hall–Kier alpha value is -0.120. The summed E-state index contributed by atoms with van der Waals surface area (Å²) in [4.78, 5) is 10.7. The van der Waals surface area contributed by atoms with Gasteiger partial charge in [-0.05, 0) is 31.6 Å². The molecular formula is C13H24O3. The minimum absolute atomic E-state index is 0.0833. The van der Waals surface area contributed by atoms with Crippen LogP contribution < -0.4 is 0 Å². The molecular weight excluding hydrogens is 204 g/mol. The minimum Gasteiger partial charge on any atom is -0.369 e. The van der Waals surface area contributed by atoms with Gasteiger partial charge in [0.25, 0.3) is 5.79 Å². The lowest BCUT2D eigenvalue weighted by atomic mass is 9.63. The summed E-state index contributed by atoms with van der Waals surface area (Å²) in [6.07, 6.45) is 5.46. The van der Waals surface area contributed by atoms with Gasteiger partial charge in [-0.2, -0.15) is 9.78 Å². The van der Waals surface area contributed by atoms with E-state index < -0.39 is 5.79 Å². The first-order valence-electron chi connectivity index (χ1n) is 6.54. The zero-order chi connectivity index (χ0) is 11.9. The molecule has 1 aliphatic heterocycles.